The molecule has 2 heterocycles. The predicted molar refractivity (Wildman–Crippen MR) is 118 cm³/mol. The number of hydrogen-bond acceptors (Lipinski definition) is 6. The number of hydrogen-bond donors (Lipinski definition) is 0. The first-order valence-electron chi connectivity index (χ1n) is 9.66. The standard InChI is InChI=1S/C22H19ClFN3O3S/c23-16-3-1-15(2-4-16)21-25-19(14-31-21)22(29)30-13-20(28)27-11-9-26(10-12-27)18-7-5-17(24)6-8-18/h1-8,14H,9-13H2. The molecule has 2 aromatic carbocycles. The lowest BCUT2D eigenvalue weighted by molar-refractivity contribution is -0.134. The van der Waals surface area contributed by atoms with Crippen molar-refractivity contribution in [1.29, 1.82) is 0 Å². The lowest BCUT2D eigenvalue weighted by Gasteiger charge is -2.36. The Morgan fingerprint density at radius 3 is 2.39 bits per heavy atom. The van der Waals surface area contributed by atoms with Crippen molar-refractivity contribution in [1.82, 2.24) is 9.88 Å². The van der Waals surface area contributed by atoms with Crippen molar-refractivity contribution in [2.45, 2.75) is 0 Å². The average molecular weight is 460 g/mol. The lowest BCUT2D eigenvalue weighted by atomic mass is 10.2. The van der Waals surface area contributed by atoms with Crippen LogP contribution >= 0.6 is 22.9 Å². The second kappa shape index (κ2) is 9.45. The van der Waals surface area contributed by atoms with Gasteiger partial charge in [-0.05, 0) is 36.4 Å². The SMILES string of the molecule is O=C(OCC(=O)N1CCN(c2ccc(F)cc2)CC1)c1csc(-c2ccc(Cl)cc2)n1. The minimum absolute atomic E-state index is 0.170. The monoisotopic (exact) mass is 459 g/mol. The minimum Gasteiger partial charge on any atom is -0.451 e. The van der Waals surface area contributed by atoms with E-state index in [-0.39, 0.29) is 24.0 Å². The number of rotatable bonds is 5. The molecule has 1 aromatic heterocycles. The van der Waals surface area contributed by atoms with E-state index >= 15 is 0 Å². The third-order valence-corrected chi connectivity index (χ3v) is 6.10. The summed E-state index contributed by atoms with van der Waals surface area (Å²) in [5.41, 5.74) is 1.94. The summed E-state index contributed by atoms with van der Waals surface area (Å²) in [4.78, 5) is 32.8. The fourth-order valence-electron chi connectivity index (χ4n) is 3.25. The molecule has 3 aromatic rings. The number of aromatic nitrogens is 1. The Morgan fingerprint density at radius 1 is 1.03 bits per heavy atom. The Hall–Kier alpha value is -2.97. The molecule has 0 atom stereocenters. The van der Waals surface area contributed by atoms with Crippen molar-refractivity contribution < 1.29 is 18.7 Å². The second-order valence-electron chi connectivity index (χ2n) is 6.97. The zero-order valence-corrected chi connectivity index (χ0v) is 18.0. The predicted octanol–water partition coefficient (Wildman–Crippen LogP) is 4.11. The summed E-state index contributed by atoms with van der Waals surface area (Å²) >= 11 is 7.21. The molecule has 4 rings (SSSR count). The van der Waals surface area contributed by atoms with Crippen molar-refractivity contribution in [3.8, 4) is 10.6 Å². The Balaban J connectivity index is 1.27. The molecular formula is C22H19ClFN3O3S. The van der Waals surface area contributed by atoms with Crippen molar-refractivity contribution in [2.75, 3.05) is 37.7 Å². The van der Waals surface area contributed by atoms with Crippen LogP contribution in [0.2, 0.25) is 5.02 Å². The number of esters is 1. The second-order valence-corrected chi connectivity index (χ2v) is 8.26. The fourth-order valence-corrected chi connectivity index (χ4v) is 4.17. The van der Waals surface area contributed by atoms with Crippen LogP contribution in [-0.4, -0.2) is 54.5 Å². The van der Waals surface area contributed by atoms with Gasteiger partial charge in [-0.1, -0.05) is 23.7 Å². The third-order valence-electron chi connectivity index (χ3n) is 4.96. The van der Waals surface area contributed by atoms with Gasteiger partial charge < -0.3 is 14.5 Å². The van der Waals surface area contributed by atoms with Crippen molar-refractivity contribution in [3.63, 3.8) is 0 Å². The Morgan fingerprint density at radius 2 is 1.71 bits per heavy atom. The van der Waals surface area contributed by atoms with Gasteiger partial charge in [-0.2, -0.15) is 0 Å². The van der Waals surface area contributed by atoms with E-state index < -0.39 is 5.97 Å². The van der Waals surface area contributed by atoms with Gasteiger partial charge in [-0.3, -0.25) is 4.79 Å². The molecule has 31 heavy (non-hydrogen) atoms. The van der Waals surface area contributed by atoms with Gasteiger partial charge in [-0.25, -0.2) is 14.2 Å². The van der Waals surface area contributed by atoms with Crippen molar-refractivity contribution >= 4 is 40.5 Å². The topological polar surface area (TPSA) is 62.7 Å². The molecule has 160 valence electrons. The maximum absolute atomic E-state index is 13.1. The zero-order chi connectivity index (χ0) is 21.8. The number of amides is 1. The number of carbonyl (C=O) groups is 2. The summed E-state index contributed by atoms with van der Waals surface area (Å²) in [6.45, 7) is 1.93. The summed E-state index contributed by atoms with van der Waals surface area (Å²) in [6, 6.07) is 13.4. The highest BCUT2D eigenvalue weighted by atomic mass is 35.5. The lowest BCUT2D eigenvalue weighted by Crippen LogP contribution is -2.49. The molecular weight excluding hydrogens is 441 g/mol. The zero-order valence-electron chi connectivity index (χ0n) is 16.5. The number of halogens is 2. The fraction of sp³-hybridized carbons (Fsp3) is 0.227. The molecule has 0 radical (unpaired) electrons. The maximum atomic E-state index is 13.1. The first-order valence-corrected chi connectivity index (χ1v) is 10.9. The van der Waals surface area contributed by atoms with Gasteiger partial charge >= 0.3 is 5.97 Å². The van der Waals surface area contributed by atoms with E-state index in [2.05, 4.69) is 9.88 Å². The summed E-state index contributed by atoms with van der Waals surface area (Å²) < 4.78 is 18.2. The quantitative estimate of drug-likeness (QED) is 0.537. The number of benzene rings is 2. The molecule has 0 saturated carbocycles. The van der Waals surface area contributed by atoms with Crippen LogP contribution in [0.15, 0.2) is 53.9 Å². The van der Waals surface area contributed by atoms with Crippen LogP contribution in [0.4, 0.5) is 10.1 Å². The average Bonchev–Trinajstić information content (AvgIpc) is 3.29. The minimum atomic E-state index is -0.630. The molecule has 1 saturated heterocycles. The summed E-state index contributed by atoms with van der Waals surface area (Å²) in [6.07, 6.45) is 0. The highest BCUT2D eigenvalue weighted by Gasteiger charge is 2.23. The summed E-state index contributed by atoms with van der Waals surface area (Å²) in [5.74, 6) is -1.16. The van der Waals surface area contributed by atoms with Gasteiger partial charge in [0.1, 0.15) is 10.8 Å². The summed E-state index contributed by atoms with van der Waals surface area (Å²) in [7, 11) is 0. The van der Waals surface area contributed by atoms with E-state index in [1.165, 1.54) is 23.5 Å². The first kappa shape index (κ1) is 21.3. The third kappa shape index (κ3) is 5.21. The molecule has 1 aliphatic heterocycles. The largest absolute Gasteiger partial charge is 0.451 e. The van der Waals surface area contributed by atoms with Gasteiger partial charge in [-0.15, -0.1) is 11.3 Å². The van der Waals surface area contributed by atoms with E-state index in [1.807, 2.05) is 12.1 Å². The van der Waals surface area contributed by atoms with E-state index in [0.717, 1.165) is 11.3 Å². The van der Waals surface area contributed by atoms with Crippen molar-refractivity contribution in [2.24, 2.45) is 0 Å². The summed E-state index contributed by atoms with van der Waals surface area (Å²) in [5, 5.41) is 2.90. The molecule has 0 bridgehead atoms. The van der Waals surface area contributed by atoms with Crippen LogP contribution in [0.25, 0.3) is 10.6 Å². The normalized spacial score (nSPS) is 13.9. The van der Waals surface area contributed by atoms with Crippen LogP contribution in [-0.2, 0) is 9.53 Å². The van der Waals surface area contributed by atoms with Gasteiger partial charge in [0.2, 0.25) is 0 Å². The number of carbonyl (C=O) groups excluding carboxylic acids is 2. The molecule has 0 aliphatic carbocycles. The van der Waals surface area contributed by atoms with Gasteiger partial charge in [0, 0.05) is 47.8 Å². The number of anilines is 1. The molecule has 1 amide bonds. The van der Waals surface area contributed by atoms with Crippen LogP contribution in [0.3, 0.4) is 0 Å². The molecule has 1 aliphatic rings. The molecule has 0 spiro atoms. The Kier molecular flexibility index (Phi) is 6.48. The molecule has 9 heteroatoms. The molecule has 6 nitrogen and oxygen atoms in total. The van der Waals surface area contributed by atoms with Crippen molar-refractivity contribution in [3.05, 3.63) is 70.4 Å². The van der Waals surface area contributed by atoms with Gasteiger partial charge in [0.25, 0.3) is 5.91 Å². The number of nitrogens with zero attached hydrogens (tertiary/aromatic N) is 3. The first-order chi connectivity index (χ1) is 15.0. The molecule has 0 unspecified atom stereocenters. The number of piperazine rings is 1. The van der Waals surface area contributed by atoms with Gasteiger partial charge in [0.15, 0.2) is 12.3 Å². The highest BCUT2D eigenvalue weighted by molar-refractivity contribution is 7.13. The van der Waals surface area contributed by atoms with E-state index in [4.69, 9.17) is 16.3 Å². The number of thiazole rings is 1. The van der Waals surface area contributed by atoms with Crippen LogP contribution < -0.4 is 4.90 Å². The van der Waals surface area contributed by atoms with Crippen LogP contribution in [0.5, 0.6) is 0 Å². The molecule has 0 N–H and O–H groups in total. The van der Waals surface area contributed by atoms with Crippen LogP contribution in [0, 0.1) is 5.82 Å². The number of ether oxygens (including phenoxy) is 1. The van der Waals surface area contributed by atoms with Crippen LogP contribution in [0.1, 0.15) is 10.5 Å². The van der Waals surface area contributed by atoms with E-state index in [0.29, 0.717) is 36.2 Å². The van der Waals surface area contributed by atoms with E-state index in [1.54, 1.807) is 34.5 Å². The molecule has 1 fully saturated rings. The smallest absolute Gasteiger partial charge is 0.358 e. The highest BCUT2D eigenvalue weighted by Crippen LogP contribution is 2.25. The Labute approximate surface area is 187 Å². The van der Waals surface area contributed by atoms with E-state index in [9.17, 15) is 14.0 Å². The Bertz CT molecular complexity index is 1060. The van der Waals surface area contributed by atoms with Gasteiger partial charge in [0.05, 0.1) is 0 Å². The maximum Gasteiger partial charge on any atom is 0.358 e.